The first-order chi connectivity index (χ1) is 12.7. The molecule has 1 heterocycles. The molecule has 26 heavy (non-hydrogen) atoms. The maximum atomic E-state index is 12.6. The molecule has 0 saturated carbocycles. The smallest absolute Gasteiger partial charge is 0.265 e. The second-order valence-corrected chi connectivity index (χ2v) is 6.47. The highest BCUT2D eigenvalue weighted by molar-refractivity contribution is 5.94. The first-order valence-electron chi connectivity index (χ1n) is 9.12. The normalized spacial score (nSPS) is 15.4. The van der Waals surface area contributed by atoms with E-state index in [-0.39, 0.29) is 5.91 Å². The van der Waals surface area contributed by atoms with Crippen molar-refractivity contribution in [3.8, 4) is 5.75 Å². The fourth-order valence-corrected chi connectivity index (χ4v) is 2.98. The van der Waals surface area contributed by atoms with E-state index in [2.05, 4.69) is 10.2 Å². The summed E-state index contributed by atoms with van der Waals surface area (Å²) in [6, 6.07) is 15.7. The molecule has 1 saturated heterocycles. The number of nitrogens with one attached hydrogen (secondary N) is 1. The summed E-state index contributed by atoms with van der Waals surface area (Å²) in [5.74, 6) is 0.586. The van der Waals surface area contributed by atoms with Crippen molar-refractivity contribution in [2.75, 3.05) is 36.5 Å². The second-order valence-electron chi connectivity index (χ2n) is 6.47. The number of benzene rings is 2. The number of carbonyl (C=O) groups is 1. The lowest BCUT2D eigenvalue weighted by molar-refractivity contribution is -0.122. The van der Waals surface area contributed by atoms with Gasteiger partial charge in [-0.2, -0.15) is 0 Å². The molecule has 1 fully saturated rings. The minimum atomic E-state index is -0.518. The number of carbonyl (C=O) groups excluding carboxylic acids is 1. The van der Waals surface area contributed by atoms with Gasteiger partial charge in [-0.25, -0.2) is 0 Å². The first kappa shape index (κ1) is 18.3. The van der Waals surface area contributed by atoms with Gasteiger partial charge >= 0.3 is 0 Å². The fourth-order valence-electron chi connectivity index (χ4n) is 2.98. The minimum Gasteiger partial charge on any atom is -0.481 e. The Labute approximate surface area is 154 Å². The molecule has 2 aromatic rings. The quantitative estimate of drug-likeness (QED) is 0.861. The summed E-state index contributed by atoms with van der Waals surface area (Å²) in [6.45, 7) is 7.26. The number of morpholine rings is 1. The molecule has 5 nitrogen and oxygen atoms in total. The molecule has 1 aliphatic rings. The lowest BCUT2D eigenvalue weighted by atomic mass is 10.2. The monoisotopic (exact) mass is 354 g/mol. The minimum absolute atomic E-state index is 0.131. The van der Waals surface area contributed by atoms with Crippen molar-refractivity contribution in [2.45, 2.75) is 26.4 Å². The standard InChI is InChI=1S/C21H26N2O3/c1-3-20(26-19-6-4-5-16(2)15-19)21(24)22-17-7-9-18(10-8-17)23-11-13-25-14-12-23/h4-10,15,20H,3,11-14H2,1-2H3,(H,22,24)/t20-/m0/s1. The van der Waals surface area contributed by atoms with Crippen LogP contribution in [0.2, 0.25) is 0 Å². The van der Waals surface area contributed by atoms with Crippen LogP contribution in [0.4, 0.5) is 11.4 Å². The highest BCUT2D eigenvalue weighted by atomic mass is 16.5. The van der Waals surface area contributed by atoms with Crippen LogP contribution in [-0.4, -0.2) is 38.3 Å². The predicted molar refractivity (Wildman–Crippen MR) is 104 cm³/mol. The van der Waals surface area contributed by atoms with E-state index in [1.54, 1.807) is 0 Å². The number of aryl methyl sites for hydroxylation is 1. The highest BCUT2D eigenvalue weighted by Gasteiger charge is 2.19. The van der Waals surface area contributed by atoms with Crippen molar-refractivity contribution in [3.63, 3.8) is 0 Å². The number of ether oxygens (including phenoxy) is 2. The Kier molecular flexibility index (Phi) is 6.12. The molecular weight excluding hydrogens is 328 g/mol. The molecule has 0 spiro atoms. The van der Waals surface area contributed by atoms with Gasteiger partial charge in [-0.05, 0) is 55.3 Å². The van der Waals surface area contributed by atoms with Gasteiger partial charge in [-0.3, -0.25) is 4.79 Å². The number of nitrogens with zero attached hydrogens (tertiary/aromatic N) is 1. The molecular formula is C21H26N2O3. The topological polar surface area (TPSA) is 50.8 Å². The molecule has 1 atom stereocenters. The predicted octanol–water partition coefficient (Wildman–Crippen LogP) is 3.63. The Morgan fingerprint density at radius 3 is 2.58 bits per heavy atom. The molecule has 0 radical (unpaired) electrons. The first-order valence-corrected chi connectivity index (χ1v) is 9.12. The number of rotatable bonds is 6. The van der Waals surface area contributed by atoms with E-state index in [4.69, 9.17) is 9.47 Å². The number of amides is 1. The zero-order chi connectivity index (χ0) is 18.4. The molecule has 138 valence electrons. The van der Waals surface area contributed by atoms with E-state index in [0.717, 1.165) is 49.0 Å². The Bertz CT molecular complexity index is 724. The largest absolute Gasteiger partial charge is 0.481 e. The SMILES string of the molecule is CC[C@H](Oc1cccc(C)c1)C(=O)Nc1ccc(N2CCOCC2)cc1. The third-order valence-electron chi connectivity index (χ3n) is 4.44. The zero-order valence-electron chi connectivity index (χ0n) is 15.4. The van der Waals surface area contributed by atoms with Crippen LogP contribution in [0, 0.1) is 6.92 Å². The molecule has 5 heteroatoms. The summed E-state index contributed by atoms with van der Waals surface area (Å²) in [7, 11) is 0. The van der Waals surface area contributed by atoms with Crippen molar-refractivity contribution in [3.05, 3.63) is 54.1 Å². The van der Waals surface area contributed by atoms with Crippen LogP contribution in [0.15, 0.2) is 48.5 Å². The van der Waals surface area contributed by atoms with E-state index in [1.807, 2.05) is 62.4 Å². The van der Waals surface area contributed by atoms with Gasteiger partial charge in [0, 0.05) is 24.5 Å². The van der Waals surface area contributed by atoms with E-state index in [9.17, 15) is 4.79 Å². The van der Waals surface area contributed by atoms with Crippen LogP contribution in [0.5, 0.6) is 5.75 Å². The van der Waals surface area contributed by atoms with Gasteiger partial charge in [-0.15, -0.1) is 0 Å². The summed E-state index contributed by atoms with van der Waals surface area (Å²) in [5.41, 5.74) is 3.03. The molecule has 0 aromatic heterocycles. The van der Waals surface area contributed by atoms with E-state index in [1.165, 1.54) is 0 Å². The zero-order valence-corrected chi connectivity index (χ0v) is 15.4. The van der Waals surface area contributed by atoms with Crippen LogP contribution in [0.25, 0.3) is 0 Å². The summed E-state index contributed by atoms with van der Waals surface area (Å²) in [6.07, 6.45) is 0.0850. The molecule has 0 bridgehead atoms. The van der Waals surface area contributed by atoms with Crippen molar-refractivity contribution in [1.82, 2.24) is 0 Å². The average Bonchev–Trinajstić information content (AvgIpc) is 2.67. The van der Waals surface area contributed by atoms with Crippen LogP contribution in [0.3, 0.4) is 0 Å². The molecule has 0 aliphatic carbocycles. The van der Waals surface area contributed by atoms with Gasteiger partial charge in [0.1, 0.15) is 5.75 Å². The van der Waals surface area contributed by atoms with Gasteiger partial charge in [0.05, 0.1) is 13.2 Å². The van der Waals surface area contributed by atoms with Crippen molar-refractivity contribution >= 4 is 17.3 Å². The average molecular weight is 354 g/mol. The Morgan fingerprint density at radius 2 is 1.92 bits per heavy atom. The van der Waals surface area contributed by atoms with Crippen molar-refractivity contribution < 1.29 is 14.3 Å². The van der Waals surface area contributed by atoms with E-state index in [0.29, 0.717) is 6.42 Å². The number of anilines is 2. The van der Waals surface area contributed by atoms with E-state index < -0.39 is 6.10 Å². The summed E-state index contributed by atoms with van der Waals surface area (Å²) < 4.78 is 11.2. The molecule has 1 aliphatic heterocycles. The van der Waals surface area contributed by atoms with Gasteiger partial charge in [-0.1, -0.05) is 19.1 Å². The van der Waals surface area contributed by atoms with E-state index >= 15 is 0 Å². The molecule has 1 N–H and O–H groups in total. The van der Waals surface area contributed by atoms with Gasteiger partial charge in [0.15, 0.2) is 6.10 Å². The molecule has 2 aromatic carbocycles. The molecule has 1 amide bonds. The number of hydrogen-bond acceptors (Lipinski definition) is 4. The Hall–Kier alpha value is -2.53. The van der Waals surface area contributed by atoms with Crippen LogP contribution in [-0.2, 0) is 9.53 Å². The lowest BCUT2D eigenvalue weighted by Crippen LogP contribution is -2.36. The summed E-state index contributed by atoms with van der Waals surface area (Å²) in [4.78, 5) is 14.8. The maximum Gasteiger partial charge on any atom is 0.265 e. The highest BCUT2D eigenvalue weighted by Crippen LogP contribution is 2.20. The fraction of sp³-hybridized carbons (Fsp3) is 0.381. The van der Waals surface area contributed by atoms with Crippen LogP contribution < -0.4 is 15.0 Å². The van der Waals surface area contributed by atoms with Gasteiger partial charge in [0.2, 0.25) is 0 Å². The maximum absolute atomic E-state index is 12.6. The van der Waals surface area contributed by atoms with Crippen LogP contribution >= 0.6 is 0 Å². The van der Waals surface area contributed by atoms with Gasteiger partial charge < -0.3 is 19.7 Å². The molecule has 0 unspecified atom stereocenters. The third kappa shape index (κ3) is 4.76. The third-order valence-corrected chi connectivity index (χ3v) is 4.44. The Morgan fingerprint density at radius 1 is 1.19 bits per heavy atom. The van der Waals surface area contributed by atoms with Crippen molar-refractivity contribution in [1.29, 1.82) is 0 Å². The van der Waals surface area contributed by atoms with Crippen LogP contribution in [0.1, 0.15) is 18.9 Å². The number of hydrogen-bond donors (Lipinski definition) is 1. The van der Waals surface area contributed by atoms with Gasteiger partial charge in [0.25, 0.3) is 5.91 Å². The second kappa shape index (κ2) is 8.72. The lowest BCUT2D eigenvalue weighted by Gasteiger charge is -2.29. The summed E-state index contributed by atoms with van der Waals surface area (Å²) in [5, 5.41) is 2.95. The molecule has 3 rings (SSSR count). The Balaban J connectivity index is 1.60. The summed E-state index contributed by atoms with van der Waals surface area (Å²) >= 11 is 0. The van der Waals surface area contributed by atoms with Crippen molar-refractivity contribution in [2.24, 2.45) is 0 Å².